The monoisotopic (exact) mass is 292 g/mol. The lowest BCUT2D eigenvalue weighted by Crippen LogP contribution is -2.37. The standard InChI is InChI=1S/C14H16N2O3S/c1-11(14(17)12-7-3-2-4-8-12)16-20(18,19)13-9-5-6-10-15-13/h2-11,14,16-17H,1H3/t11-,14-/m0/s1. The molecule has 1 aromatic heterocycles. The molecule has 2 atom stereocenters. The van der Waals surface area contributed by atoms with E-state index in [9.17, 15) is 13.5 Å². The number of hydrogen-bond donors (Lipinski definition) is 2. The maximum atomic E-state index is 12.1. The molecule has 2 N–H and O–H groups in total. The number of aliphatic hydroxyl groups excluding tert-OH is 1. The molecule has 0 aliphatic rings. The van der Waals surface area contributed by atoms with Gasteiger partial charge in [0.05, 0.1) is 6.10 Å². The number of sulfonamides is 1. The molecule has 2 rings (SSSR count). The summed E-state index contributed by atoms with van der Waals surface area (Å²) in [5.41, 5.74) is 0.656. The van der Waals surface area contributed by atoms with Crippen molar-refractivity contribution in [3.63, 3.8) is 0 Å². The van der Waals surface area contributed by atoms with Crippen molar-refractivity contribution in [2.24, 2.45) is 0 Å². The second-order valence-electron chi connectivity index (χ2n) is 4.43. The SMILES string of the molecule is C[C@H](NS(=O)(=O)c1ccccn1)[C@H](O)c1ccccc1. The van der Waals surface area contributed by atoms with Crippen molar-refractivity contribution in [2.75, 3.05) is 0 Å². The molecule has 0 radical (unpaired) electrons. The zero-order chi connectivity index (χ0) is 14.6. The van der Waals surface area contributed by atoms with Gasteiger partial charge in [-0.1, -0.05) is 36.4 Å². The number of aliphatic hydroxyl groups is 1. The van der Waals surface area contributed by atoms with Gasteiger partial charge in [0.25, 0.3) is 10.0 Å². The molecule has 1 heterocycles. The van der Waals surface area contributed by atoms with E-state index in [-0.39, 0.29) is 5.03 Å². The molecule has 6 heteroatoms. The highest BCUT2D eigenvalue weighted by Crippen LogP contribution is 2.17. The smallest absolute Gasteiger partial charge is 0.258 e. The van der Waals surface area contributed by atoms with E-state index in [4.69, 9.17) is 0 Å². The highest BCUT2D eigenvalue weighted by molar-refractivity contribution is 7.89. The molecule has 5 nitrogen and oxygen atoms in total. The maximum Gasteiger partial charge on any atom is 0.258 e. The highest BCUT2D eigenvalue weighted by atomic mass is 32.2. The van der Waals surface area contributed by atoms with E-state index in [0.29, 0.717) is 5.56 Å². The fourth-order valence-corrected chi connectivity index (χ4v) is 3.01. The predicted octanol–water partition coefficient (Wildman–Crippen LogP) is 1.48. The zero-order valence-electron chi connectivity index (χ0n) is 11.0. The lowest BCUT2D eigenvalue weighted by Gasteiger charge is -2.20. The van der Waals surface area contributed by atoms with Crippen LogP contribution in [0.4, 0.5) is 0 Å². The molecule has 0 aliphatic heterocycles. The normalized spacial score (nSPS) is 14.7. The summed E-state index contributed by atoms with van der Waals surface area (Å²) < 4.78 is 26.6. The van der Waals surface area contributed by atoms with Crippen LogP contribution < -0.4 is 4.72 Å². The Bertz CT molecular complexity index is 645. The summed E-state index contributed by atoms with van der Waals surface area (Å²) >= 11 is 0. The molecule has 1 aromatic carbocycles. The molecule has 0 amide bonds. The van der Waals surface area contributed by atoms with Gasteiger partial charge in [0, 0.05) is 12.2 Å². The van der Waals surface area contributed by atoms with E-state index in [1.807, 2.05) is 6.07 Å². The van der Waals surface area contributed by atoms with Crippen LogP contribution in [-0.2, 0) is 10.0 Å². The molecule has 0 saturated carbocycles. The predicted molar refractivity (Wildman–Crippen MR) is 75.4 cm³/mol. The van der Waals surface area contributed by atoms with E-state index < -0.39 is 22.2 Å². The van der Waals surface area contributed by atoms with Crippen LogP contribution in [-0.4, -0.2) is 24.6 Å². The van der Waals surface area contributed by atoms with Crippen LogP contribution in [0.5, 0.6) is 0 Å². The molecule has 0 saturated heterocycles. The van der Waals surface area contributed by atoms with Gasteiger partial charge in [-0.15, -0.1) is 0 Å². The van der Waals surface area contributed by atoms with Crippen molar-refractivity contribution >= 4 is 10.0 Å². The quantitative estimate of drug-likeness (QED) is 0.875. The van der Waals surface area contributed by atoms with E-state index >= 15 is 0 Å². The van der Waals surface area contributed by atoms with E-state index in [2.05, 4.69) is 9.71 Å². The lowest BCUT2D eigenvalue weighted by atomic mass is 10.0. The van der Waals surface area contributed by atoms with Gasteiger partial charge in [0.15, 0.2) is 5.03 Å². The number of hydrogen-bond acceptors (Lipinski definition) is 4. The Kier molecular flexibility index (Phi) is 4.49. The summed E-state index contributed by atoms with van der Waals surface area (Å²) in [5.74, 6) is 0. The Labute approximate surface area is 118 Å². The fourth-order valence-electron chi connectivity index (χ4n) is 1.81. The first-order valence-corrected chi connectivity index (χ1v) is 7.65. The van der Waals surface area contributed by atoms with Crippen LogP contribution in [0.3, 0.4) is 0 Å². The van der Waals surface area contributed by atoms with Crippen molar-refractivity contribution in [3.8, 4) is 0 Å². The van der Waals surface area contributed by atoms with Gasteiger partial charge in [-0.05, 0) is 24.6 Å². The Morgan fingerprint density at radius 1 is 1.10 bits per heavy atom. The third kappa shape index (κ3) is 3.41. The van der Waals surface area contributed by atoms with Crippen LogP contribution >= 0.6 is 0 Å². The Morgan fingerprint density at radius 2 is 1.75 bits per heavy atom. The van der Waals surface area contributed by atoms with Crippen LogP contribution in [0.25, 0.3) is 0 Å². The molecular formula is C14H16N2O3S. The number of nitrogens with zero attached hydrogens (tertiary/aromatic N) is 1. The average molecular weight is 292 g/mol. The first-order chi connectivity index (χ1) is 9.50. The number of rotatable bonds is 5. The van der Waals surface area contributed by atoms with Gasteiger partial charge in [0.2, 0.25) is 0 Å². The van der Waals surface area contributed by atoms with Crippen LogP contribution in [0, 0.1) is 0 Å². The van der Waals surface area contributed by atoms with E-state index in [0.717, 1.165) is 0 Å². The molecule has 0 aliphatic carbocycles. The summed E-state index contributed by atoms with van der Waals surface area (Å²) in [6.45, 7) is 1.61. The van der Waals surface area contributed by atoms with Crippen LogP contribution in [0.2, 0.25) is 0 Å². The molecule has 20 heavy (non-hydrogen) atoms. The Morgan fingerprint density at radius 3 is 2.35 bits per heavy atom. The molecular weight excluding hydrogens is 276 g/mol. The van der Waals surface area contributed by atoms with Gasteiger partial charge < -0.3 is 5.11 Å². The van der Waals surface area contributed by atoms with Crippen molar-refractivity contribution in [3.05, 3.63) is 60.3 Å². The van der Waals surface area contributed by atoms with Crippen molar-refractivity contribution < 1.29 is 13.5 Å². The Hall–Kier alpha value is -1.76. The fraction of sp³-hybridized carbons (Fsp3) is 0.214. The largest absolute Gasteiger partial charge is 0.387 e. The van der Waals surface area contributed by atoms with E-state index in [1.165, 1.54) is 12.3 Å². The summed E-state index contributed by atoms with van der Waals surface area (Å²) in [7, 11) is -3.73. The molecule has 0 fully saturated rings. The van der Waals surface area contributed by atoms with Crippen LogP contribution in [0.15, 0.2) is 59.8 Å². The topological polar surface area (TPSA) is 79.3 Å². The van der Waals surface area contributed by atoms with Gasteiger partial charge in [-0.3, -0.25) is 0 Å². The van der Waals surface area contributed by atoms with Gasteiger partial charge in [0.1, 0.15) is 0 Å². The summed E-state index contributed by atoms with van der Waals surface area (Å²) in [4.78, 5) is 3.80. The van der Waals surface area contributed by atoms with Gasteiger partial charge >= 0.3 is 0 Å². The molecule has 106 valence electrons. The van der Waals surface area contributed by atoms with E-state index in [1.54, 1.807) is 43.3 Å². The minimum atomic E-state index is -3.73. The van der Waals surface area contributed by atoms with Crippen LogP contribution in [0.1, 0.15) is 18.6 Å². The van der Waals surface area contributed by atoms with Gasteiger partial charge in [-0.25, -0.2) is 18.1 Å². The summed E-state index contributed by atoms with van der Waals surface area (Å²) in [6.07, 6.45) is 0.488. The lowest BCUT2D eigenvalue weighted by molar-refractivity contribution is 0.146. The van der Waals surface area contributed by atoms with Gasteiger partial charge in [-0.2, -0.15) is 0 Å². The summed E-state index contributed by atoms with van der Waals surface area (Å²) in [5, 5.41) is 10.1. The number of aromatic nitrogens is 1. The molecule has 0 spiro atoms. The first kappa shape index (κ1) is 14.6. The third-order valence-corrected chi connectivity index (χ3v) is 4.34. The summed E-state index contributed by atoms with van der Waals surface area (Å²) in [6, 6.07) is 12.9. The molecule has 2 aromatic rings. The zero-order valence-corrected chi connectivity index (χ0v) is 11.8. The second-order valence-corrected chi connectivity index (χ2v) is 6.09. The number of nitrogens with one attached hydrogen (secondary N) is 1. The second kappa shape index (κ2) is 6.13. The maximum absolute atomic E-state index is 12.1. The molecule has 0 unspecified atom stereocenters. The third-order valence-electron chi connectivity index (χ3n) is 2.87. The minimum Gasteiger partial charge on any atom is -0.387 e. The van der Waals surface area contributed by atoms with Crippen molar-refractivity contribution in [2.45, 2.75) is 24.1 Å². The first-order valence-electron chi connectivity index (χ1n) is 6.17. The van der Waals surface area contributed by atoms with Crippen molar-refractivity contribution in [1.82, 2.24) is 9.71 Å². The number of pyridine rings is 1. The van der Waals surface area contributed by atoms with Crippen molar-refractivity contribution in [1.29, 1.82) is 0 Å². The number of benzene rings is 1. The minimum absolute atomic E-state index is 0.0629. The highest BCUT2D eigenvalue weighted by Gasteiger charge is 2.23. The Balaban J connectivity index is 2.14. The molecule has 0 bridgehead atoms. The average Bonchev–Trinajstić information content (AvgIpc) is 2.48.